The zero-order chi connectivity index (χ0) is 16.9. The van der Waals surface area contributed by atoms with Crippen molar-refractivity contribution in [3.8, 4) is 0 Å². The third-order valence-electron chi connectivity index (χ3n) is 2.92. The summed E-state index contributed by atoms with van der Waals surface area (Å²) < 4.78 is 52.2. The highest BCUT2D eigenvalue weighted by Gasteiger charge is 2.19. The normalized spacial score (nSPS) is 11.2. The number of sulfonamides is 1. The van der Waals surface area contributed by atoms with Crippen LogP contribution in [0.4, 0.5) is 8.78 Å². The van der Waals surface area contributed by atoms with E-state index in [4.69, 9.17) is 0 Å². The van der Waals surface area contributed by atoms with Gasteiger partial charge in [0.2, 0.25) is 10.0 Å². The molecule has 0 bridgehead atoms. The molecular formula is C15H14F2N2O3S. The molecule has 0 atom stereocenters. The minimum Gasteiger partial charge on any atom is -0.351 e. The van der Waals surface area contributed by atoms with Gasteiger partial charge >= 0.3 is 0 Å². The van der Waals surface area contributed by atoms with Gasteiger partial charge in [0, 0.05) is 24.7 Å². The summed E-state index contributed by atoms with van der Waals surface area (Å²) in [5.74, 6) is -2.39. The van der Waals surface area contributed by atoms with E-state index in [2.05, 4.69) is 10.0 Å². The maximum atomic E-state index is 13.5. The van der Waals surface area contributed by atoms with Gasteiger partial charge in [-0.25, -0.2) is 21.9 Å². The first kappa shape index (κ1) is 17.0. The largest absolute Gasteiger partial charge is 0.351 e. The molecule has 0 spiro atoms. The highest BCUT2D eigenvalue weighted by Crippen LogP contribution is 2.14. The summed E-state index contributed by atoms with van der Waals surface area (Å²) in [7, 11) is -4.11. The molecule has 1 amide bonds. The standard InChI is InChI=1S/C15H14F2N2O3S/c16-12-6-7-14(13(17)10-12)23(21,22)19-9-8-18-15(20)11-4-2-1-3-5-11/h1-7,10,19H,8-9H2,(H,18,20). The van der Waals surface area contributed by atoms with Crippen LogP contribution >= 0.6 is 0 Å². The van der Waals surface area contributed by atoms with E-state index < -0.39 is 26.6 Å². The number of halogens is 2. The van der Waals surface area contributed by atoms with E-state index in [-0.39, 0.29) is 19.0 Å². The fourth-order valence-electron chi connectivity index (χ4n) is 1.82. The van der Waals surface area contributed by atoms with Gasteiger partial charge in [0.1, 0.15) is 16.5 Å². The van der Waals surface area contributed by atoms with Crippen molar-refractivity contribution in [1.82, 2.24) is 10.0 Å². The molecule has 0 saturated carbocycles. The van der Waals surface area contributed by atoms with E-state index >= 15 is 0 Å². The monoisotopic (exact) mass is 340 g/mol. The average Bonchev–Trinajstić information content (AvgIpc) is 2.52. The van der Waals surface area contributed by atoms with Crippen LogP contribution in [0.5, 0.6) is 0 Å². The van der Waals surface area contributed by atoms with E-state index in [1.165, 1.54) is 0 Å². The number of amides is 1. The summed E-state index contributed by atoms with van der Waals surface area (Å²) in [6, 6.07) is 10.6. The second-order valence-corrected chi connectivity index (χ2v) is 6.33. The topological polar surface area (TPSA) is 75.3 Å². The van der Waals surface area contributed by atoms with Gasteiger partial charge in [0.05, 0.1) is 0 Å². The zero-order valence-electron chi connectivity index (χ0n) is 11.9. The summed E-state index contributed by atoms with van der Waals surface area (Å²) >= 11 is 0. The number of rotatable bonds is 6. The first-order valence-electron chi connectivity index (χ1n) is 6.68. The Morgan fingerprint density at radius 2 is 1.70 bits per heavy atom. The molecule has 0 aromatic heterocycles. The van der Waals surface area contributed by atoms with Crippen LogP contribution in [0.1, 0.15) is 10.4 Å². The van der Waals surface area contributed by atoms with Crippen LogP contribution in [-0.2, 0) is 10.0 Å². The van der Waals surface area contributed by atoms with Crippen LogP contribution in [0, 0.1) is 11.6 Å². The molecule has 23 heavy (non-hydrogen) atoms. The molecule has 0 heterocycles. The Morgan fingerprint density at radius 1 is 1.00 bits per heavy atom. The van der Waals surface area contributed by atoms with Gasteiger partial charge in [0.25, 0.3) is 5.91 Å². The van der Waals surface area contributed by atoms with E-state index in [1.807, 2.05) is 0 Å². The quantitative estimate of drug-likeness (QED) is 0.786. The Bertz CT molecular complexity index is 796. The maximum Gasteiger partial charge on any atom is 0.251 e. The van der Waals surface area contributed by atoms with Gasteiger partial charge in [-0.3, -0.25) is 4.79 Å². The molecule has 0 radical (unpaired) electrons. The minimum atomic E-state index is -4.11. The van der Waals surface area contributed by atoms with Crippen molar-refractivity contribution in [2.24, 2.45) is 0 Å². The molecule has 0 aliphatic carbocycles. The minimum absolute atomic E-state index is 0.0236. The average molecular weight is 340 g/mol. The van der Waals surface area contributed by atoms with Gasteiger partial charge < -0.3 is 5.32 Å². The third kappa shape index (κ3) is 4.57. The predicted molar refractivity (Wildman–Crippen MR) is 80.3 cm³/mol. The molecule has 5 nitrogen and oxygen atoms in total. The zero-order valence-corrected chi connectivity index (χ0v) is 12.7. The Morgan fingerprint density at radius 3 is 2.35 bits per heavy atom. The van der Waals surface area contributed by atoms with Gasteiger partial charge in [-0.15, -0.1) is 0 Å². The number of carbonyl (C=O) groups is 1. The second kappa shape index (κ2) is 7.30. The lowest BCUT2D eigenvalue weighted by Gasteiger charge is -2.09. The lowest BCUT2D eigenvalue weighted by atomic mass is 10.2. The number of hydrogen-bond acceptors (Lipinski definition) is 3. The number of nitrogens with one attached hydrogen (secondary N) is 2. The van der Waals surface area contributed by atoms with Crippen LogP contribution < -0.4 is 10.0 Å². The number of hydrogen-bond donors (Lipinski definition) is 2. The lowest BCUT2D eigenvalue weighted by molar-refractivity contribution is 0.0954. The predicted octanol–water partition coefficient (Wildman–Crippen LogP) is 1.67. The number of benzene rings is 2. The summed E-state index contributed by atoms with van der Waals surface area (Å²) in [6.45, 7) is -0.104. The first-order valence-corrected chi connectivity index (χ1v) is 8.16. The molecule has 2 rings (SSSR count). The fourth-order valence-corrected chi connectivity index (χ4v) is 2.91. The maximum absolute atomic E-state index is 13.5. The lowest BCUT2D eigenvalue weighted by Crippen LogP contribution is -2.35. The second-order valence-electron chi connectivity index (χ2n) is 4.59. The van der Waals surface area contributed by atoms with Crippen molar-refractivity contribution in [3.63, 3.8) is 0 Å². The highest BCUT2D eigenvalue weighted by molar-refractivity contribution is 7.89. The third-order valence-corrected chi connectivity index (χ3v) is 4.42. The van der Waals surface area contributed by atoms with Crippen molar-refractivity contribution >= 4 is 15.9 Å². The molecule has 122 valence electrons. The molecule has 2 N–H and O–H groups in total. The van der Waals surface area contributed by atoms with Crippen molar-refractivity contribution in [2.75, 3.05) is 13.1 Å². The molecule has 0 saturated heterocycles. The summed E-state index contributed by atoms with van der Waals surface area (Å²) in [5, 5.41) is 2.53. The molecule has 0 unspecified atom stereocenters. The van der Waals surface area contributed by atoms with E-state index in [1.54, 1.807) is 30.3 Å². The van der Waals surface area contributed by atoms with Crippen LogP contribution in [0.15, 0.2) is 53.4 Å². The molecule has 2 aromatic carbocycles. The molecule has 0 aliphatic heterocycles. The Hall–Kier alpha value is -2.32. The first-order chi connectivity index (χ1) is 10.9. The van der Waals surface area contributed by atoms with E-state index in [9.17, 15) is 22.0 Å². The highest BCUT2D eigenvalue weighted by atomic mass is 32.2. The molecule has 8 heteroatoms. The Kier molecular flexibility index (Phi) is 5.41. The van der Waals surface area contributed by atoms with Crippen LogP contribution in [0.3, 0.4) is 0 Å². The Balaban J connectivity index is 1.89. The van der Waals surface area contributed by atoms with Gasteiger partial charge in [-0.1, -0.05) is 18.2 Å². The molecule has 0 aliphatic rings. The molecule has 0 fully saturated rings. The van der Waals surface area contributed by atoms with Gasteiger partial charge in [0.15, 0.2) is 0 Å². The van der Waals surface area contributed by atoms with Crippen LogP contribution in [-0.4, -0.2) is 27.4 Å². The fraction of sp³-hybridized carbons (Fsp3) is 0.133. The van der Waals surface area contributed by atoms with E-state index in [0.29, 0.717) is 11.6 Å². The SMILES string of the molecule is O=C(NCCNS(=O)(=O)c1ccc(F)cc1F)c1ccccc1. The summed E-state index contributed by atoms with van der Waals surface area (Å²) in [6.07, 6.45) is 0. The summed E-state index contributed by atoms with van der Waals surface area (Å²) in [5.41, 5.74) is 0.444. The van der Waals surface area contributed by atoms with Gasteiger partial charge in [-0.2, -0.15) is 0 Å². The van der Waals surface area contributed by atoms with E-state index in [0.717, 1.165) is 12.1 Å². The van der Waals surface area contributed by atoms with Crippen LogP contribution in [0.2, 0.25) is 0 Å². The van der Waals surface area contributed by atoms with Crippen LogP contribution in [0.25, 0.3) is 0 Å². The number of carbonyl (C=O) groups excluding carboxylic acids is 1. The van der Waals surface area contributed by atoms with Crippen molar-refractivity contribution in [3.05, 3.63) is 65.7 Å². The Labute approximate surface area is 132 Å². The van der Waals surface area contributed by atoms with Crippen molar-refractivity contribution in [2.45, 2.75) is 4.90 Å². The smallest absolute Gasteiger partial charge is 0.251 e. The van der Waals surface area contributed by atoms with Gasteiger partial charge in [-0.05, 0) is 24.3 Å². The van der Waals surface area contributed by atoms with Crippen molar-refractivity contribution in [1.29, 1.82) is 0 Å². The molecular weight excluding hydrogens is 326 g/mol. The molecule has 2 aromatic rings. The summed E-state index contributed by atoms with van der Waals surface area (Å²) in [4.78, 5) is 11.1. The van der Waals surface area contributed by atoms with Crippen molar-refractivity contribution < 1.29 is 22.0 Å².